The Kier molecular flexibility index (Phi) is 6.93. The maximum Gasteiger partial charge on any atom is 0.357 e. The zero-order chi connectivity index (χ0) is 24.1. The number of benzene rings is 2. The van der Waals surface area contributed by atoms with Gasteiger partial charge < -0.3 is 18.9 Å². The van der Waals surface area contributed by atoms with E-state index in [-0.39, 0.29) is 11.3 Å². The first kappa shape index (κ1) is 23.1. The van der Waals surface area contributed by atoms with Crippen LogP contribution in [-0.2, 0) is 4.74 Å². The van der Waals surface area contributed by atoms with E-state index in [9.17, 15) is 9.59 Å². The number of carbonyl (C=O) groups excluding carboxylic acids is 2. The molecule has 0 fully saturated rings. The van der Waals surface area contributed by atoms with Gasteiger partial charge in [0.05, 0.1) is 31.9 Å². The normalized spacial score (nSPS) is 10.6. The number of ketones is 1. The van der Waals surface area contributed by atoms with Crippen LogP contribution in [0, 0.1) is 0 Å². The van der Waals surface area contributed by atoms with Crippen LogP contribution in [0.15, 0.2) is 66.0 Å². The van der Waals surface area contributed by atoms with Crippen molar-refractivity contribution in [2.24, 2.45) is 0 Å². The van der Waals surface area contributed by atoms with Crippen LogP contribution < -0.4 is 14.2 Å². The fraction of sp³-hybridized carbons (Fsp3) is 0.160. The van der Waals surface area contributed by atoms with E-state index in [4.69, 9.17) is 18.9 Å². The van der Waals surface area contributed by atoms with Crippen LogP contribution in [0.3, 0.4) is 0 Å². The molecule has 0 aliphatic carbocycles. The van der Waals surface area contributed by atoms with E-state index >= 15 is 0 Å². The molecule has 0 radical (unpaired) electrons. The van der Waals surface area contributed by atoms with Crippen molar-refractivity contribution in [3.05, 3.63) is 77.3 Å². The van der Waals surface area contributed by atoms with Gasteiger partial charge in [-0.1, -0.05) is 24.3 Å². The third-order valence-electron chi connectivity index (χ3n) is 5.01. The van der Waals surface area contributed by atoms with E-state index in [2.05, 4.69) is 5.10 Å². The molecule has 2 heterocycles. The third kappa shape index (κ3) is 4.65. The Bertz CT molecular complexity index is 1270. The number of methoxy groups -OCH3 is 3. The van der Waals surface area contributed by atoms with Crippen LogP contribution in [0.2, 0.25) is 0 Å². The number of para-hydroxylation sites is 1. The second kappa shape index (κ2) is 10.2. The molecule has 0 amide bonds. The highest BCUT2D eigenvalue weighted by molar-refractivity contribution is 7.13. The standard InChI is InChI=1S/C25H22N2O6S/c1-30-21-12-16(13-22(31-2)24(21)32-3)20(28)15-33-25(29)19-14-18(23-10-7-11-34-23)26-27(19)17-8-5-4-6-9-17/h4-14H,15H2,1-3H3. The number of carbonyl (C=O) groups is 2. The van der Waals surface area contributed by atoms with Gasteiger partial charge in [-0.05, 0) is 35.7 Å². The van der Waals surface area contributed by atoms with Crippen molar-refractivity contribution in [1.29, 1.82) is 0 Å². The van der Waals surface area contributed by atoms with Crippen LogP contribution in [0.25, 0.3) is 16.3 Å². The maximum absolute atomic E-state index is 13.0. The fourth-order valence-electron chi connectivity index (χ4n) is 3.37. The lowest BCUT2D eigenvalue weighted by molar-refractivity contribution is 0.0465. The number of rotatable bonds is 9. The summed E-state index contributed by atoms with van der Waals surface area (Å²) in [4.78, 5) is 26.7. The van der Waals surface area contributed by atoms with Crippen molar-refractivity contribution in [3.8, 4) is 33.5 Å². The minimum atomic E-state index is -0.667. The molecule has 0 saturated heterocycles. The zero-order valence-electron chi connectivity index (χ0n) is 18.8. The largest absolute Gasteiger partial charge is 0.493 e. The van der Waals surface area contributed by atoms with Crippen molar-refractivity contribution >= 4 is 23.1 Å². The first-order chi connectivity index (χ1) is 16.5. The van der Waals surface area contributed by atoms with E-state index in [1.54, 1.807) is 6.07 Å². The molecule has 0 N–H and O–H groups in total. The molecular formula is C25H22N2O6S. The lowest BCUT2D eigenvalue weighted by Crippen LogP contribution is -2.17. The quantitative estimate of drug-likeness (QED) is 0.255. The Morgan fingerprint density at radius 3 is 2.21 bits per heavy atom. The Morgan fingerprint density at radius 1 is 0.912 bits per heavy atom. The first-order valence-corrected chi connectivity index (χ1v) is 11.1. The number of Topliss-reactive ketones (excluding diaryl/α,β-unsaturated/α-hetero) is 1. The first-order valence-electron chi connectivity index (χ1n) is 10.3. The molecule has 0 unspecified atom stereocenters. The Morgan fingerprint density at radius 2 is 1.62 bits per heavy atom. The van der Waals surface area contributed by atoms with Gasteiger partial charge in [-0.3, -0.25) is 4.79 Å². The average Bonchev–Trinajstić information content (AvgIpc) is 3.57. The van der Waals surface area contributed by atoms with Crippen molar-refractivity contribution < 1.29 is 28.5 Å². The summed E-state index contributed by atoms with van der Waals surface area (Å²) in [6.45, 7) is -0.466. The smallest absolute Gasteiger partial charge is 0.357 e. The van der Waals surface area contributed by atoms with Gasteiger partial charge in [0.2, 0.25) is 11.5 Å². The fourth-order valence-corrected chi connectivity index (χ4v) is 4.05. The molecule has 0 atom stereocenters. The van der Waals surface area contributed by atoms with Crippen LogP contribution in [0.1, 0.15) is 20.8 Å². The predicted molar refractivity (Wildman–Crippen MR) is 128 cm³/mol. The number of nitrogens with zero attached hydrogens (tertiary/aromatic N) is 2. The number of ether oxygens (including phenoxy) is 4. The van der Waals surface area contributed by atoms with Gasteiger partial charge >= 0.3 is 5.97 Å². The number of thiophene rings is 1. The minimum Gasteiger partial charge on any atom is -0.493 e. The van der Waals surface area contributed by atoms with E-state index in [0.29, 0.717) is 28.6 Å². The highest BCUT2D eigenvalue weighted by Gasteiger charge is 2.22. The van der Waals surface area contributed by atoms with Gasteiger partial charge in [0.1, 0.15) is 5.69 Å². The van der Waals surface area contributed by atoms with E-state index < -0.39 is 18.4 Å². The number of aromatic nitrogens is 2. The molecule has 0 bridgehead atoms. The zero-order valence-corrected chi connectivity index (χ0v) is 19.6. The maximum atomic E-state index is 13.0. The average molecular weight is 479 g/mol. The Hall–Kier alpha value is -4.11. The van der Waals surface area contributed by atoms with E-state index in [0.717, 1.165) is 4.88 Å². The van der Waals surface area contributed by atoms with Gasteiger partial charge in [0, 0.05) is 11.6 Å². The molecule has 4 aromatic rings. The van der Waals surface area contributed by atoms with Crippen molar-refractivity contribution in [2.45, 2.75) is 0 Å². The lowest BCUT2D eigenvalue weighted by Gasteiger charge is -2.13. The summed E-state index contributed by atoms with van der Waals surface area (Å²) in [6, 6.07) is 17.8. The molecule has 9 heteroatoms. The summed E-state index contributed by atoms with van der Waals surface area (Å²) >= 11 is 1.51. The molecule has 174 valence electrons. The molecule has 4 rings (SSSR count). The monoisotopic (exact) mass is 478 g/mol. The molecule has 2 aromatic heterocycles. The Balaban J connectivity index is 1.58. The summed E-state index contributed by atoms with van der Waals surface area (Å²) in [7, 11) is 4.40. The minimum absolute atomic E-state index is 0.215. The molecule has 8 nitrogen and oxygen atoms in total. The number of hydrogen-bond acceptors (Lipinski definition) is 8. The van der Waals surface area contributed by atoms with E-state index in [1.807, 2.05) is 47.8 Å². The van der Waals surface area contributed by atoms with Crippen molar-refractivity contribution in [1.82, 2.24) is 9.78 Å². The predicted octanol–water partition coefficient (Wildman–Crippen LogP) is 4.67. The summed E-state index contributed by atoms with van der Waals surface area (Å²) in [5.41, 5.74) is 1.82. The SMILES string of the molecule is COc1cc(C(=O)COC(=O)c2cc(-c3cccs3)nn2-c2ccccc2)cc(OC)c1OC. The van der Waals surface area contributed by atoms with Crippen molar-refractivity contribution in [3.63, 3.8) is 0 Å². The third-order valence-corrected chi connectivity index (χ3v) is 5.91. The molecule has 0 spiro atoms. The molecule has 0 saturated carbocycles. The van der Waals surface area contributed by atoms with Gasteiger partial charge in [-0.15, -0.1) is 11.3 Å². The molecule has 0 aliphatic heterocycles. The van der Waals surface area contributed by atoms with E-state index in [1.165, 1.54) is 49.5 Å². The summed E-state index contributed by atoms with van der Waals surface area (Å²) in [5, 5.41) is 6.52. The van der Waals surface area contributed by atoms with Crippen LogP contribution in [0.4, 0.5) is 0 Å². The van der Waals surface area contributed by atoms with Gasteiger partial charge in [-0.25, -0.2) is 9.48 Å². The summed E-state index contributed by atoms with van der Waals surface area (Å²) < 4.78 is 22.8. The molecular weight excluding hydrogens is 456 g/mol. The number of esters is 1. The van der Waals surface area contributed by atoms with Gasteiger partial charge in [0.25, 0.3) is 0 Å². The molecule has 2 aromatic carbocycles. The highest BCUT2D eigenvalue weighted by Crippen LogP contribution is 2.38. The Labute approximate surface area is 200 Å². The highest BCUT2D eigenvalue weighted by atomic mass is 32.1. The van der Waals surface area contributed by atoms with Crippen LogP contribution in [0.5, 0.6) is 17.2 Å². The van der Waals surface area contributed by atoms with Crippen LogP contribution >= 0.6 is 11.3 Å². The topological polar surface area (TPSA) is 88.9 Å². The van der Waals surface area contributed by atoms with Gasteiger partial charge in [-0.2, -0.15) is 5.10 Å². The number of hydrogen-bond donors (Lipinski definition) is 0. The second-order valence-electron chi connectivity index (χ2n) is 7.05. The summed E-state index contributed by atoms with van der Waals surface area (Å²) in [5.74, 6) is -0.0539. The van der Waals surface area contributed by atoms with Crippen molar-refractivity contribution in [2.75, 3.05) is 27.9 Å². The summed E-state index contributed by atoms with van der Waals surface area (Å²) in [6.07, 6.45) is 0. The molecule has 0 aliphatic rings. The lowest BCUT2D eigenvalue weighted by atomic mass is 10.1. The van der Waals surface area contributed by atoms with Crippen LogP contribution in [-0.4, -0.2) is 49.5 Å². The van der Waals surface area contributed by atoms with Gasteiger partial charge in [0.15, 0.2) is 23.8 Å². The second-order valence-corrected chi connectivity index (χ2v) is 8.00. The molecule has 34 heavy (non-hydrogen) atoms.